The SMILES string of the molecule is Cc1cc(NC(=O)CNC(C)c2cccc(C)c2C)n(C)n1. The van der Waals surface area contributed by atoms with Crippen molar-refractivity contribution in [3.63, 3.8) is 0 Å². The van der Waals surface area contributed by atoms with E-state index in [1.807, 2.05) is 26.1 Å². The van der Waals surface area contributed by atoms with Crippen LogP contribution >= 0.6 is 0 Å². The summed E-state index contributed by atoms with van der Waals surface area (Å²) in [4.78, 5) is 12.0. The molecule has 1 atom stereocenters. The normalized spacial score (nSPS) is 12.2. The Hall–Kier alpha value is -2.14. The lowest BCUT2D eigenvalue weighted by atomic mass is 9.98. The lowest BCUT2D eigenvalue weighted by Crippen LogP contribution is -2.31. The van der Waals surface area contributed by atoms with Crippen molar-refractivity contribution < 1.29 is 4.79 Å². The molecule has 1 heterocycles. The summed E-state index contributed by atoms with van der Waals surface area (Å²) in [5.74, 6) is 0.642. The van der Waals surface area contributed by atoms with Crippen molar-refractivity contribution in [2.45, 2.75) is 33.7 Å². The minimum Gasteiger partial charge on any atom is -0.310 e. The number of carbonyl (C=O) groups excluding carboxylic acids is 1. The molecule has 1 aromatic carbocycles. The quantitative estimate of drug-likeness (QED) is 0.892. The molecule has 0 radical (unpaired) electrons. The summed E-state index contributed by atoms with van der Waals surface area (Å²) in [5, 5.41) is 10.3. The average Bonchev–Trinajstić information content (AvgIpc) is 2.77. The monoisotopic (exact) mass is 300 g/mol. The first-order valence-corrected chi connectivity index (χ1v) is 7.48. The molecule has 118 valence electrons. The van der Waals surface area contributed by atoms with Gasteiger partial charge in [-0.2, -0.15) is 5.10 Å². The van der Waals surface area contributed by atoms with Crippen LogP contribution in [0.3, 0.4) is 0 Å². The van der Waals surface area contributed by atoms with Gasteiger partial charge in [0.2, 0.25) is 5.91 Å². The lowest BCUT2D eigenvalue weighted by Gasteiger charge is -2.17. The Bertz CT molecular complexity index is 675. The number of hydrogen-bond acceptors (Lipinski definition) is 3. The van der Waals surface area contributed by atoms with Crippen LogP contribution in [-0.4, -0.2) is 22.2 Å². The maximum absolute atomic E-state index is 12.0. The zero-order valence-corrected chi connectivity index (χ0v) is 13.9. The number of aromatic nitrogens is 2. The fourth-order valence-corrected chi connectivity index (χ4v) is 2.51. The van der Waals surface area contributed by atoms with Crippen LogP contribution < -0.4 is 10.6 Å². The van der Waals surface area contributed by atoms with Gasteiger partial charge in [-0.25, -0.2) is 0 Å². The highest BCUT2D eigenvalue weighted by Crippen LogP contribution is 2.19. The van der Waals surface area contributed by atoms with Crippen LogP contribution in [0, 0.1) is 20.8 Å². The molecule has 5 heteroatoms. The van der Waals surface area contributed by atoms with Crippen LogP contribution in [0.5, 0.6) is 0 Å². The van der Waals surface area contributed by atoms with Crippen molar-refractivity contribution in [1.82, 2.24) is 15.1 Å². The highest BCUT2D eigenvalue weighted by atomic mass is 16.2. The molecule has 0 aliphatic rings. The highest BCUT2D eigenvalue weighted by molar-refractivity contribution is 5.91. The predicted molar refractivity (Wildman–Crippen MR) is 88.9 cm³/mol. The van der Waals surface area contributed by atoms with Gasteiger partial charge in [-0.05, 0) is 44.4 Å². The maximum atomic E-state index is 12.0. The van der Waals surface area contributed by atoms with E-state index in [1.54, 1.807) is 4.68 Å². The third-order valence-electron chi connectivity index (χ3n) is 3.95. The minimum absolute atomic E-state index is 0.0693. The van der Waals surface area contributed by atoms with E-state index in [2.05, 4.69) is 48.6 Å². The van der Waals surface area contributed by atoms with Crippen LogP contribution in [-0.2, 0) is 11.8 Å². The number of anilines is 1. The number of aryl methyl sites for hydroxylation is 3. The first kappa shape index (κ1) is 16.2. The molecule has 0 bridgehead atoms. The summed E-state index contributed by atoms with van der Waals surface area (Å²) < 4.78 is 1.67. The van der Waals surface area contributed by atoms with E-state index < -0.39 is 0 Å². The van der Waals surface area contributed by atoms with Gasteiger partial charge in [0.05, 0.1) is 12.2 Å². The second-order valence-corrected chi connectivity index (χ2v) is 5.73. The number of nitrogens with one attached hydrogen (secondary N) is 2. The zero-order chi connectivity index (χ0) is 16.3. The van der Waals surface area contributed by atoms with Gasteiger partial charge in [0.25, 0.3) is 0 Å². The van der Waals surface area contributed by atoms with Gasteiger partial charge in [-0.15, -0.1) is 0 Å². The minimum atomic E-state index is -0.0693. The Morgan fingerprint density at radius 3 is 2.68 bits per heavy atom. The fourth-order valence-electron chi connectivity index (χ4n) is 2.51. The van der Waals surface area contributed by atoms with E-state index in [0.717, 1.165) is 5.69 Å². The molecule has 0 aliphatic heterocycles. The van der Waals surface area contributed by atoms with E-state index in [9.17, 15) is 4.79 Å². The molecule has 0 fully saturated rings. The Morgan fingerprint density at radius 2 is 2.05 bits per heavy atom. The summed E-state index contributed by atoms with van der Waals surface area (Å²) in [7, 11) is 1.81. The molecule has 0 spiro atoms. The third kappa shape index (κ3) is 3.74. The van der Waals surface area contributed by atoms with Crippen LogP contribution in [0.15, 0.2) is 24.3 Å². The molecule has 2 N–H and O–H groups in total. The lowest BCUT2D eigenvalue weighted by molar-refractivity contribution is -0.115. The summed E-state index contributed by atoms with van der Waals surface area (Å²) in [5.41, 5.74) is 4.64. The van der Waals surface area contributed by atoms with Gasteiger partial charge < -0.3 is 10.6 Å². The van der Waals surface area contributed by atoms with Gasteiger partial charge in [0, 0.05) is 19.2 Å². The Labute approximate surface area is 131 Å². The molecule has 2 aromatic rings. The van der Waals surface area contributed by atoms with Crippen molar-refractivity contribution in [2.75, 3.05) is 11.9 Å². The summed E-state index contributed by atoms with van der Waals surface area (Å²) in [6, 6.07) is 8.23. The first-order chi connectivity index (χ1) is 10.4. The van der Waals surface area contributed by atoms with Gasteiger partial charge >= 0.3 is 0 Å². The van der Waals surface area contributed by atoms with E-state index in [-0.39, 0.29) is 18.5 Å². The number of carbonyl (C=O) groups is 1. The van der Waals surface area contributed by atoms with E-state index >= 15 is 0 Å². The topological polar surface area (TPSA) is 59.0 Å². The molecular formula is C17H24N4O. The molecule has 1 aromatic heterocycles. The fraction of sp³-hybridized carbons (Fsp3) is 0.412. The van der Waals surface area contributed by atoms with E-state index in [0.29, 0.717) is 5.82 Å². The van der Waals surface area contributed by atoms with Gasteiger partial charge in [-0.3, -0.25) is 9.48 Å². The van der Waals surface area contributed by atoms with Gasteiger partial charge in [-0.1, -0.05) is 18.2 Å². The number of rotatable bonds is 5. The first-order valence-electron chi connectivity index (χ1n) is 7.48. The summed E-state index contributed by atoms with van der Waals surface area (Å²) in [6.45, 7) is 8.45. The predicted octanol–water partition coefficient (Wildman–Crippen LogP) is 2.63. The Kier molecular flexibility index (Phi) is 4.98. The number of amides is 1. The second-order valence-electron chi connectivity index (χ2n) is 5.73. The zero-order valence-electron chi connectivity index (χ0n) is 13.9. The molecule has 0 saturated heterocycles. The van der Waals surface area contributed by atoms with Crippen LogP contribution in [0.25, 0.3) is 0 Å². The third-order valence-corrected chi connectivity index (χ3v) is 3.95. The molecule has 22 heavy (non-hydrogen) atoms. The van der Waals surface area contributed by atoms with E-state index in [1.165, 1.54) is 16.7 Å². The smallest absolute Gasteiger partial charge is 0.239 e. The van der Waals surface area contributed by atoms with Crippen LogP contribution in [0.1, 0.15) is 35.3 Å². The maximum Gasteiger partial charge on any atom is 0.239 e. The van der Waals surface area contributed by atoms with Gasteiger partial charge in [0.1, 0.15) is 5.82 Å². The van der Waals surface area contributed by atoms with Crippen molar-refractivity contribution in [2.24, 2.45) is 7.05 Å². The Balaban J connectivity index is 1.93. The van der Waals surface area contributed by atoms with Crippen molar-refractivity contribution in [3.05, 3.63) is 46.6 Å². The highest BCUT2D eigenvalue weighted by Gasteiger charge is 2.12. The summed E-state index contributed by atoms with van der Waals surface area (Å²) in [6.07, 6.45) is 0. The van der Waals surface area contributed by atoms with Crippen molar-refractivity contribution >= 4 is 11.7 Å². The number of hydrogen-bond donors (Lipinski definition) is 2. The molecule has 2 rings (SSSR count). The standard InChI is InChI=1S/C17H24N4O/c1-11-7-6-8-15(13(11)3)14(4)18-10-17(22)19-16-9-12(2)20-21(16)5/h6-9,14,18H,10H2,1-5H3,(H,19,22). The molecular weight excluding hydrogens is 276 g/mol. The molecule has 1 unspecified atom stereocenters. The van der Waals surface area contributed by atoms with Crippen molar-refractivity contribution in [3.8, 4) is 0 Å². The molecule has 1 amide bonds. The second kappa shape index (κ2) is 6.75. The van der Waals surface area contributed by atoms with E-state index in [4.69, 9.17) is 0 Å². The Morgan fingerprint density at radius 1 is 1.32 bits per heavy atom. The van der Waals surface area contributed by atoms with Crippen LogP contribution in [0.2, 0.25) is 0 Å². The largest absolute Gasteiger partial charge is 0.310 e. The van der Waals surface area contributed by atoms with Crippen LogP contribution in [0.4, 0.5) is 5.82 Å². The molecule has 0 aliphatic carbocycles. The summed E-state index contributed by atoms with van der Waals surface area (Å²) >= 11 is 0. The van der Waals surface area contributed by atoms with Crippen molar-refractivity contribution in [1.29, 1.82) is 0 Å². The van der Waals surface area contributed by atoms with Gasteiger partial charge in [0.15, 0.2) is 0 Å². The number of nitrogens with zero attached hydrogens (tertiary/aromatic N) is 2. The molecule has 5 nitrogen and oxygen atoms in total. The average molecular weight is 300 g/mol. The number of benzene rings is 1. The molecule has 0 saturated carbocycles.